The number of nitrogens with zero attached hydrogens (tertiary/aromatic N) is 1. The number of hydrogen-bond acceptors (Lipinski definition) is 3. The molecule has 0 heterocycles. The van der Waals surface area contributed by atoms with Crippen LogP contribution in [-0.4, -0.2) is 11.3 Å². The number of rotatable bonds is 10. The van der Waals surface area contributed by atoms with E-state index in [1.807, 2.05) is 38.1 Å². The van der Waals surface area contributed by atoms with Crippen molar-refractivity contribution in [3.8, 4) is 22.9 Å². The zero-order chi connectivity index (χ0) is 24.6. The van der Waals surface area contributed by atoms with Crippen molar-refractivity contribution in [3.05, 3.63) is 54.1 Å². The van der Waals surface area contributed by atoms with E-state index in [4.69, 9.17) is 16.3 Å². The summed E-state index contributed by atoms with van der Waals surface area (Å²) < 4.78 is 5.43. The van der Waals surface area contributed by atoms with Crippen LogP contribution in [0.1, 0.15) is 90.0 Å². The second kappa shape index (κ2) is 12.4. The van der Waals surface area contributed by atoms with Gasteiger partial charge in [0.15, 0.2) is 0 Å². The number of unbranched alkanes of at least 4 members (excludes halogenated alkanes) is 2. The maximum Gasteiger partial charge on any atom is 0.329 e. The molecule has 34 heavy (non-hydrogen) atoms. The zero-order valence-corrected chi connectivity index (χ0v) is 21.6. The van der Waals surface area contributed by atoms with E-state index in [0.29, 0.717) is 24.0 Å². The van der Waals surface area contributed by atoms with Crippen molar-refractivity contribution in [3.63, 3.8) is 0 Å². The highest BCUT2D eigenvalue weighted by Crippen LogP contribution is 2.45. The smallest absolute Gasteiger partial charge is 0.329 e. The average Bonchev–Trinajstić information content (AvgIpc) is 2.85. The number of hydrogen-bond donors (Lipinski definition) is 0. The van der Waals surface area contributed by atoms with Gasteiger partial charge in [0.2, 0.25) is 0 Å². The van der Waals surface area contributed by atoms with Gasteiger partial charge in [0, 0.05) is 0 Å². The van der Waals surface area contributed by atoms with Gasteiger partial charge in [0.1, 0.15) is 11.1 Å². The van der Waals surface area contributed by atoms with Crippen molar-refractivity contribution in [1.82, 2.24) is 0 Å². The van der Waals surface area contributed by atoms with Crippen molar-refractivity contribution >= 4 is 17.6 Å². The Hall–Kier alpha value is -2.31. The Balaban J connectivity index is 1.57. The lowest BCUT2D eigenvalue weighted by Gasteiger charge is -2.35. The lowest BCUT2D eigenvalue weighted by molar-refractivity contribution is -0.134. The molecule has 3 rings (SSSR count). The van der Waals surface area contributed by atoms with Crippen molar-refractivity contribution in [2.24, 2.45) is 11.3 Å². The summed E-state index contributed by atoms with van der Waals surface area (Å²) >= 11 is 6.14. The number of esters is 1. The molecule has 2 aromatic carbocycles. The molecule has 1 aliphatic rings. The van der Waals surface area contributed by atoms with Crippen LogP contribution in [0.5, 0.6) is 5.75 Å². The van der Waals surface area contributed by atoms with Crippen molar-refractivity contribution < 1.29 is 9.53 Å². The largest absolute Gasteiger partial charge is 0.425 e. The first-order valence-corrected chi connectivity index (χ1v) is 13.3. The van der Waals surface area contributed by atoms with E-state index in [9.17, 15) is 10.1 Å². The number of carbonyl (C=O) groups excluding carboxylic acids is 1. The lowest BCUT2D eigenvalue weighted by atomic mass is 9.67. The Morgan fingerprint density at radius 3 is 2.18 bits per heavy atom. The van der Waals surface area contributed by atoms with Crippen LogP contribution in [0.4, 0.5) is 0 Å². The summed E-state index contributed by atoms with van der Waals surface area (Å²) in [7, 11) is 0. The summed E-state index contributed by atoms with van der Waals surface area (Å²) in [5.41, 5.74) is 3.49. The SMILES string of the molecule is CCCCCC1(C#N)CCC(c2ccc(-c3ccc(OC(=O)C(Cl)CC(C)C)cc3)cc2)CC1. The zero-order valence-electron chi connectivity index (χ0n) is 20.9. The van der Waals surface area contributed by atoms with Crippen LogP contribution in [0.2, 0.25) is 0 Å². The molecule has 1 atom stereocenters. The van der Waals surface area contributed by atoms with Gasteiger partial charge in [-0.05, 0) is 79.2 Å². The number of ether oxygens (including phenoxy) is 1. The van der Waals surface area contributed by atoms with Crippen LogP contribution in [0.3, 0.4) is 0 Å². The fourth-order valence-electron chi connectivity index (χ4n) is 4.99. The highest BCUT2D eigenvalue weighted by molar-refractivity contribution is 6.30. The second-order valence-corrected chi connectivity index (χ2v) is 10.8. The summed E-state index contributed by atoms with van der Waals surface area (Å²) in [6.45, 7) is 6.28. The third kappa shape index (κ3) is 7.09. The molecule has 1 fully saturated rings. The Labute approximate surface area is 210 Å². The third-order valence-electron chi connectivity index (χ3n) is 7.16. The quantitative estimate of drug-likeness (QED) is 0.148. The van der Waals surface area contributed by atoms with Gasteiger partial charge >= 0.3 is 5.97 Å². The number of halogens is 1. The van der Waals surface area contributed by atoms with E-state index in [-0.39, 0.29) is 5.41 Å². The van der Waals surface area contributed by atoms with Crippen LogP contribution in [-0.2, 0) is 4.79 Å². The summed E-state index contributed by atoms with van der Waals surface area (Å²) in [4.78, 5) is 12.1. The van der Waals surface area contributed by atoms with Crippen LogP contribution in [0.25, 0.3) is 11.1 Å². The van der Waals surface area contributed by atoms with Gasteiger partial charge in [-0.1, -0.05) is 76.4 Å². The Bertz CT molecular complexity index is 951. The van der Waals surface area contributed by atoms with Crippen LogP contribution in [0, 0.1) is 22.7 Å². The maximum absolute atomic E-state index is 12.1. The predicted octanol–water partition coefficient (Wildman–Crippen LogP) is 8.66. The fourth-order valence-corrected chi connectivity index (χ4v) is 5.39. The van der Waals surface area contributed by atoms with Gasteiger partial charge in [-0.25, -0.2) is 0 Å². The van der Waals surface area contributed by atoms with Gasteiger partial charge in [0.05, 0.1) is 11.5 Å². The molecule has 0 bridgehead atoms. The van der Waals surface area contributed by atoms with Crippen LogP contribution in [0.15, 0.2) is 48.5 Å². The van der Waals surface area contributed by atoms with Crippen LogP contribution < -0.4 is 4.74 Å². The van der Waals surface area contributed by atoms with E-state index in [1.165, 1.54) is 24.8 Å². The molecule has 0 aliphatic heterocycles. The Morgan fingerprint density at radius 2 is 1.65 bits per heavy atom. The van der Waals surface area contributed by atoms with Gasteiger partial charge in [-0.2, -0.15) is 5.26 Å². The summed E-state index contributed by atoms with van der Waals surface area (Å²) in [5.74, 6) is 0.999. The molecular formula is C30H38ClNO2. The molecule has 1 saturated carbocycles. The third-order valence-corrected chi connectivity index (χ3v) is 7.52. The molecule has 0 N–H and O–H groups in total. The molecule has 182 valence electrons. The molecule has 0 amide bonds. The summed E-state index contributed by atoms with van der Waals surface area (Å²) in [5, 5.41) is 9.18. The highest BCUT2D eigenvalue weighted by atomic mass is 35.5. The number of carbonyl (C=O) groups is 1. The molecular weight excluding hydrogens is 442 g/mol. The first-order chi connectivity index (χ1) is 16.4. The Morgan fingerprint density at radius 1 is 1.06 bits per heavy atom. The minimum absolute atomic E-state index is 0.102. The van der Waals surface area contributed by atoms with Gasteiger partial charge in [-0.3, -0.25) is 4.79 Å². The van der Waals surface area contributed by atoms with Crippen molar-refractivity contribution in [2.75, 3.05) is 0 Å². The van der Waals surface area contributed by atoms with Crippen molar-refractivity contribution in [2.45, 2.75) is 89.9 Å². The predicted molar refractivity (Wildman–Crippen MR) is 140 cm³/mol. The van der Waals surface area contributed by atoms with E-state index in [1.54, 1.807) is 0 Å². The lowest BCUT2D eigenvalue weighted by Crippen LogP contribution is -2.25. The topological polar surface area (TPSA) is 50.1 Å². The van der Waals surface area contributed by atoms with Crippen molar-refractivity contribution in [1.29, 1.82) is 5.26 Å². The van der Waals surface area contributed by atoms with E-state index in [2.05, 4.69) is 37.3 Å². The average molecular weight is 480 g/mol. The molecule has 2 aromatic rings. The van der Waals surface area contributed by atoms with Gasteiger partial charge < -0.3 is 4.74 Å². The van der Waals surface area contributed by atoms with Crippen LogP contribution >= 0.6 is 11.6 Å². The normalized spacial score (nSPS) is 21.1. The molecule has 0 radical (unpaired) electrons. The fraction of sp³-hybridized carbons (Fsp3) is 0.533. The minimum Gasteiger partial charge on any atom is -0.425 e. The Kier molecular flexibility index (Phi) is 9.60. The number of alkyl halides is 1. The maximum atomic E-state index is 12.1. The molecule has 4 heteroatoms. The molecule has 1 unspecified atom stereocenters. The molecule has 1 aliphatic carbocycles. The molecule has 0 aromatic heterocycles. The monoisotopic (exact) mass is 479 g/mol. The molecule has 3 nitrogen and oxygen atoms in total. The summed E-state index contributed by atoms with van der Waals surface area (Å²) in [6.07, 6.45) is 9.47. The van der Waals surface area contributed by atoms with Gasteiger partial charge in [-0.15, -0.1) is 11.6 Å². The number of nitriles is 1. The first kappa shape index (κ1) is 26.3. The second-order valence-electron chi connectivity index (χ2n) is 10.3. The molecule has 0 spiro atoms. The molecule has 0 saturated heterocycles. The van der Waals surface area contributed by atoms with E-state index >= 15 is 0 Å². The van der Waals surface area contributed by atoms with E-state index < -0.39 is 11.3 Å². The van der Waals surface area contributed by atoms with E-state index in [0.717, 1.165) is 43.2 Å². The number of benzene rings is 2. The minimum atomic E-state index is -0.623. The highest BCUT2D eigenvalue weighted by Gasteiger charge is 2.35. The standard InChI is InChI=1S/C30H38ClNO2/c1-4-5-6-17-30(21-32)18-15-26(16-19-30)24-9-7-23(8-10-24)25-11-13-27(14-12-25)34-29(33)28(31)20-22(2)3/h7-14,22,26,28H,4-6,15-20H2,1-3H3. The van der Waals surface area contributed by atoms with Gasteiger partial charge in [0.25, 0.3) is 0 Å². The first-order valence-electron chi connectivity index (χ1n) is 12.8. The summed E-state index contributed by atoms with van der Waals surface area (Å²) in [6, 6.07) is 19.1.